The van der Waals surface area contributed by atoms with Crippen molar-refractivity contribution >= 4 is 17.9 Å². The fourth-order valence-electron chi connectivity index (χ4n) is 3.02. The van der Waals surface area contributed by atoms with E-state index in [4.69, 9.17) is 28.5 Å². The van der Waals surface area contributed by atoms with Gasteiger partial charge in [-0.3, -0.25) is 0 Å². The van der Waals surface area contributed by atoms with Gasteiger partial charge in [-0.2, -0.15) is 22.8 Å². The van der Waals surface area contributed by atoms with E-state index in [2.05, 4.69) is 0 Å². The summed E-state index contributed by atoms with van der Waals surface area (Å²) in [7, 11) is 3.22. The fourth-order valence-corrected chi connectivity index (χ4v) is 3.99. The molecule has 0 heterocycles. The molecule has 0 saturated carbocycles. The monoisotopic (exact) mass is 522 g/mol. The second kappa shape index (κ2) is 14.1. The maximum absolute atomic E-state index is 12.8. The molecular weight excluding hydrogens is 497 g/mol. The summed E-state index contributed by atoms with van der Waals surface area (Å²) >= 11 is 1.60. The predicted molar refractivity (Wildman–Crippen MR) is 128 cm³/mol. The number of carbonyl (C=O) groups excluding carboxylic acids is 2. The van der Waals surface area contributed by atoms with Crippen molar-refractivity contribution < 1.29 is 41.7 Å². The number of hydrogen-bond donors (Lipinski definition) is 0. The third-order valence-electron chi connectivity index (χ3n) is 4.78. The van der Waals surface area contributed by atoms with Crippen molar-refractivity contribution in [2.24, 2.45) is 0 Å². The minimum atomic E-state index is -4.38. The van der Waals surface area contributed by atoms with Crippen LogP contribution in [0.3, 0.4) is 0 Å². The van der Waals surface area contributed by atoms with Crippen LogP contribution in [0, 0.1) is 6.92 Å². The molecular formula is C26H25F3O6S. The van der Waals surface area contributed by atoms with E-state index in [1.165, 1.54) is 12.1 Å². The van der Waals surface area contributed by atoms with Crippen LogP contribution in [-0.4, -0.2) is 38.8 Å². The summed E-state index contributed by atoms with van der Waals surface area (Å²) in [6.07, 6.45) is -4.49. The zero-order valence-electron chi connectivity index (χ0n) is 19.8. The molecule has 1 unspecified atom stereocenters. The number of benzene rings is 3. The summed E-state index contributed by atoms with van der Waals surface area (Å²) in [6, 6.07) is 17.7. The molecule has 192 valence electrons. The van der Waals surface area contributed by atoms with Gasteiger partial charge in [0, 0.05) is 10.6 Å². The number of rotatable bonds is 10. The van der Waals surface area contributed by atoms with Gasteiger partial charge < -0.3 is 18.9 Å². The Morgan fingerprint density at radius 2 is 1.44 bits per heavy atom. The Labute approximate surface area is 211 Å². The lowest BCUT2D eigenvalue weighted by molar-refractivity contribution is -0.191. The first-order valence-corrected chi connectivity index (χ1v) is 11.6. The third-order valence-corrected chi connectivity index (χ3v) is 5.91. The van der Waals surface area contributed by atoms with Gasteiger partial charge in [0.1, 0.15) is 35.7 Å². The third kappa shape index (κ3) is 9.20. The Hall–Kier alpha value is -3.62. The zero-order chi connectivity index (χ0) is 26.6. The lowest BCUT2D eigenvalue weighted by atomic mass is 10.2. The van der Waals surface area contributed by atoms with Gasteiger partial charge in [0.25, 0.3) is 0 Å². The van der Waals surface area contributed by atoms with E-state index >= 15 is 0 Å². The van der Waals surface area contributed by atoms with Crippen molar-refractivity contribution in [3.05, 3.63) is 77.9 Å². The molecule has 0 fully saturated rings. The minimum Gasteiger partial charge on any atom is -0.497 e. The predicted octanol–water partition coefficient (Wildman–Crippen LogP) is 6.07. The van der Waals surface area contributed by atoms with Gasteiger partial charge in [-0.15, -0.1) is 11.8 Å². The first-order chi connectivity index (χ1) is 17.2. The molecule has 3 aromatic rings. The van der Waals surface area contributed by atoms with E-state index in [-0.39, 0.29) is 18.9 Å². The molecule has 0 aromatic heterocycles. The van der Waals surface area contributed by atoms with Crippen molar-refractivity contribution in [3.63, 3.8) is 0 Å². The number of thioether (sulfide) groups is 1. The van der Waals surface area contributed by atoms with Crippen molar-refractivity contribution in [2.45, 2.75) is 24.1 Å². The number of aryl methyl sites for hydroxylation is 1. The van der Waals surface area contributed by atoms with Gasteiger partial charge in [-0.25, -0.2) is 0 Å². The van der Waals surface area contributed by atoms with Crippen LogP contribution in [0.4, 0.5) is 13.2 Å². The van der Waals surface area contributed by atoms with Crippen LogP contribution in [0.5, 0.6) is 23.0 Å². The minimum absolute atomic E-state index is 0.166. The maximum atomic E-state index is 12.8. The molecule has 10 heteroatoms. The fraction of sp³-hybridized carbons (Fsp3) is 0.269. The number of alkyl halides is 3. The van der Waals surface area contributed by atoms with Gasteiger partial charge in [0.2, 0.25) is 0 Å². The SMILES string of the molecule is COc1ccc(OC(COc2ccc(C(F)(F)F)cc2)CSc2ccc(OC)c(C)c2)cc1.O=C=O. The molecule has 3 aromatic carbocycles. The van der Waals surface area contributed by atoms with Crippen LogP contribution in [0.15, 0.2) is 71.6 Å². The lowest BCUT2D eigenvalue weighted by Crippen LogP contribution is -2.27. The highest BCUT2D eigenvalue weighted by Crippen LogP contribution is 2.31. The van der Waals surface area contributed by atoms with E-state index in [0.29, 0.717) is 23.0 Å². The molecule has 3 rings (SSSR count). The van der Waals surface area contributed by atoms with E-state index in [1.807, 2.05) is 25.1 Å². The number of hydrogen-bond acceptors (Lipinski definition) is 7. The number of methoxy groups -OCH3 is 2. The lowest BCUT2D eigenvalue weighted by Gasteiger charge is -2.20. The van der Waals surface area contributed by atoms with Gasteiger partial charge in [0.15, 0.2) is 0 Å². The Kier molecular flexibility index (Phi) is 11.2. The van der Waals surface area contributed by atoms with Crippen molar-refractivity contribution in [1.82, 2.24) is 0 Å². The standard InChI is InChI=1S/C25H25F3O4S.CO2/c1-17-14-23(12-13-24(17)30-3)33-16-22(32-21-10-8-19(29-2)9-11-21)15-31-20-6-4-18(5-7-20)25(26,27)28;2-1-3/h4-14,22H,15-16H2,1-3H3;. The van der Waals surface area contributed by atoms with E-state index in [0.717, 1.165) is 28.3 Å². The molecule has 0 aliphatic heterocycles. The second-order valence-electron chi connectivity index (χ2n) is 7.27. The normalized spacial score (nSPS) is 11.4. The Bertz CT molecular complexity index is 1110. The Morgan fingerprint density at radius 1 is 0.861 bits per heavy atom. The summed E-state index contributed by atoms with van der Waals surface area (Å²) < 4.78 is 60.7. The van der Waals surface area contributed by atoms with Gasteiger partial charge in [-0.1, -0.05) is 0 Å². The van der Waals surface area contributed by atoms with Crippen molar-refractivity contribution in [3.8, 4) is 23.0 Å². The van der Waals surface area contributed by atoms with E-state index < -0.39 is 11.7 Å². The Balaban J connectivity index is 0.00000145. The van der Waals surface area contributed by atoms with Crippen LogP contribution in [-0.2, 0) is 15.8 Å². The van der Waals surface area contributed by atoms with Crippen molar-refractivity contribution in [2.75, 3.05) is 26.6 Å². The molecule has 0 N–H and O–H groups in total. The first kappa shape index (κ1) is 28.6. The molecule has 0 amide bonds. The molecule has 1 atom stereocenters. The first-order valence-electron chi connectivity index (χ1n) is 10.6. The van der Waals surface area contributed by atoms with Crippen LogP contribution >= 0.6 is 11.8 Å². The summed E-state index contributed by atoms with van der Waals surface area (Å²) in [4.78, 5) is 17.3. The zero-order valence-corrected chi connectivity index (χ0v) is 20.7. The number of ether oxygens (including phenoxy) is 4. The van der Waals surface area contributed by atoms with Crippen LogP contribution in [0.25, 0.3) is 0 Å². The van der Waals surface area contributed by atoms with E-state index in [9.17, 15) is 13.2 Å². The topological polar surface area (TPSA) is 71.1 Å². The summed E-state index contributed by atoms with van der Waals surface area (Å²) in [5.41, 5.74) is 0.308. The quantitative estimate of drug-likeness (QED) is 0.300. The van der Waals surface area contributed by atoms with Crippen LogP contribution < -0.4 is 18.9 Å². The summed E-state index contributed by atoms with van der Waals surface area (Å²) in [6.45, 7) is 2.14. The maximum Gasteiger partial charge on any atom is 0.416 e. The van der Waals surface area contributed by atoms with Crippen LogP contribution in [0.2, 0.25) is 0 Å². The molecule has 0 radical (unpaired) electrons. The summed E-state index contributed by atoms with van der Waals surface area (Å²) in [5, 5.41) is 0. The van der Waals surface area contributed by atoms with Gasteiger partial charge in [-0.05, 0) is 79.2 Å². The molecule has 0 spiro atoms. The molecule has 0 bridgehead atoms. The van der Waals surface area contributed by atoms with Gasteiger partial charge in [0.05, 0.1) is 19.8 Å². The average molecular weight is 523 g/mol. The highest BCUT2D eigenvalue weighted by atomic mass is 32.2. The second-order valence-corrected chi connectivity index (χ2v) is 8.37. The molecule has 0 aliphatic carbocycles. The summed E-state index contributed by atoms with van der Waals surface area (Å²) in [5.74, 6) is 3.08. The van der Waals surface area contributed by atoms with Crippen LogP contribution in [0.1, 0.15) is 11.1 Å². The molecule has 0 saturated heterocycles. The molecule has 36 heavy (non-hydrogen) atoms. The van der Waals surface area contributed by atoms with Gasteiger partial charge >= 0.3 is 12.3 Å². The average Bonchev–Trinajstić information content (AvgIpc) is 2.86. The van der Waals surface area contributed by atoms with Crippen molar-refractivity contribution in [1.29, 1.82) is 0 Å². The molecule has 6 nitrogen and oxygen atoms in total. The van der Waals surface area contributed by atoms with E-state index in [1.54, 1.807) is 50.2 Å². The number of halogens is 3. The smallest absolute Gasteiger partial charge is 0.416 e. The highest BCUT2D eigenvalue weighted by Gasteiger charge is 2.30. The largest absolute Gasteiger partial charge is 0.497 e. The molecule has 0 aliphatic rings. The highest BCUT2D eigenvalue weighted by molar-refractivity contribution is 7.99. The Morgan fingerprint density at radius 3 is 1.97 bits per heavy atom.